The minimum absolute atomic E-state index is 0.0701. The number of aliphatic hydroxyl groups excluding tert-OH is 1. The van der Waals surface area contributed by atoms with Crippen LogP contribution < -0.4 is 15.4 Å². The molecule has 3 unspecified atom stereocenters. The second-order valence-electron chi connectivity index (χ2n) is 6.47. The van der Waals surface area contributed by atoms with Gasteiger partial charge in [0.15, 0.2) is 0 Å². The first-order chi connectivity index (χ1) is 12.1. The van der Waals surface area contributed by atoms with Crippen LogP contribution in [-0.4, -0.2) is 30.3 Å². The van der Waals surface area contributed by atoms with Gasteiger partial charge in [-0.25, -0.2) is 4.79 Å². The Labute approximate surface area is 148 Å². The van der Waals surface area contributed by atoms with Gasteiger partial charge in [0.2, 0.25) is 0 Å². The summed E-state index contributed by atoms with van der Waals surface area (Å²) in [6.45, 7) is 4.64. The minimum Gasteiger partial charge on any atom is -0.493 e. The third-order valence-corrected chi connectivity index (χ3v) is 4.70. The third-order valence-electron chi connectivity index (χ3n) is 4.70. The monoisotopic (exact) mass is 340 g/mol. The molecule has 0 radical (unpaired) electrons. The van der Waals surface area contributed by atoms with Crippen molar-refractivity contribution in [3.63, 3.8) is 0 Å². The predicted octanol–water partition coefficient (Wildman–Crippen LogP) is 2.89. The molecule has 3 atom stereocenters. The van der Waals surface area contributed by atoms with Crippen LogP contribution in [0.5, 0.6) is 5.75 Å². The van der Waals surface area contributed by atoms with E-state index in [1.165, 1.54) is 0 Å². The van der Waals surface area contributed by atoms with E-state index in [0.717, 1.165) is 22.4 Å². The zero-order chi connectivity index (χ0) is 17.8. The fourth-order valence-electron chi connectivity index (χ4n) is 3.22. The van der Waals surface area contributed by atoms with E-state index in [9.17, 15) is 9.90 Å². The van der Waals surface area contributed by atoms with Gasteiger partial charge in [0, 0.05) is 24.1 Å². The number of fused-ring (bicyclic) bond motifs is 1. The zero-order valence-corrected chi connectivity index (χ0v) is 14.5. The molecule has 0 saturated carbocycles. The van der Waals surface area contributed by atoms with E-state index in [2.05, 4.69) is 10.6 Å². The normalized spacial score (nSPS) is 18.0. The van der Waals surface area contributed by atoms with Crippen molar-refractivity contribution in [1.29, 1.82) is 0 Å². The molecule has 132 valence electrons. The van der Waals surface area contributed by atoms with Crippen molar-refractivity contribution in [2.45, 2.75) is 31.9 Å². The summed E-state index contributed by atoms with van der Waals surface area (Å²) < 4.78 is 5.67. The molecule has 1 aliphatic heterocycles. The first-order valence-electron chi connectivity index (χ1n) is 8.56. The highest BCUT2D eigenvalue weighted by Crippen LogP contribution is 2.35. The van der Waals surface area contributed by atoms with E-state index in [1.54, 1.807) is 0 Å². The SMILES string of the molecule is Cc1ccccc1C(O)CNC(=O)NC(C)C1COc2ccccc21. The first-order valence-corrected chi connectivity index (χ1v) is 8.56. The van der Waals surface area contributed by atoms with Crippen LogP contribution in [0.3, 0.4) is 0 Å². The summed E-state index contributed by atoms with van der Waals surface area (Å²) in [5, 5.41) is 16.0. The predicted molar refractivity (Wildman–Crippen MR) is 96.8 cm³/mol. The molecule has 0 aromatic heterocycles. The molecule has 3 rings (SSSR count). The minimum atomic E-state index is -0.724. The number of hydrogen-bond acceptors (Lipinski definition) is 3. The van der Waals surface area contributed by atoms with Crippen LogP contribution >= 0.6 is 0 Å². The topological polar surface area (TPSA) is 70.6 Å². The summed E-state index contributed by atoms with van der Waals surface area (Å²) >= 11 is 0. The van der Waals surface area contributed by atoms with Crippen molar-refractivity contribution < 1.29 is 14.6 Å². The van der Waals surface area contributed by atoms with Crippen molar-refractivity contribution in [2.75, 3.05) is 13.2 Å². The van der Waals surface area contributed by atoms with Crippen LogP contribution in [-0.2, 0) is 0 Å². The number of aryl methyl sites for hydroxylation is 1. The second-order valence-corrected chi connectivity index (χ2v) is 6.47. The Kier molecular flexibility index (Phi) is 5.24. The number of benzene rings is 2. The van der Waals surface area contributed by atoms with Crippen molar-refractivity contribution in [2.24, 2.45) is 0 Å². The molecule has 0 bridgehead atoms. The van der Waals surface area contributed by atoms with Crippen LogP contribution in [0, 0.1) is 6.92 Å². The van der Waals surface area contributed by atoms with Gasteiger partial charge in [-0.05, 0) is 31.0 Å². The van der Waals surface area contributed by atoms with E-state index < -0.39 is 6.10 Å². The number of nitrogens with one attached hydrogen (secondary N) is 2. The summed E-state index contributed by atoms with van der Waals surface area (Å²) in [5.74, 6) is 1.01. The maximum Gasteiger partial charge on any atom is 0.315 e. The molecule has 2 aromatic carbocycles. The third kappa shape index (κ3) is 3.94. The van der Waals surface area contributed by atoms with E-state index in [4.69, 9.17) is 4.74 Å². The number of amides is 2. The molecule has 0 spiro atoms. The highest BCUT2D eigenvalue weighted by molar-refractivity contribution is 5.74. The largest absolute Gasteiger partial charge is 0.493 e. The maximum absolute atomic E-state index is 12.2. The van der Waals surface area contributed by atoms with Gasteiger partial charge < -0.3 is 20.5 Å². The Bertz CT molecular complexity index is 747. The van der Waals surface area contributed by atoms with Crippen LogP contribution in [0.2, 0.25) is 0 Å². The molecule has 2 amide bonds. The number of carbonyl (C=O) groups is 1. The maximum atomic E-state index is 12.2. The zero-order valence-electron chi connectivity index (χ0n) is 14.5. The van der Waals surface area contributed by atoms with Gasteiger partial charge in [-0.2, -0.15) is 0 Å². The number of para-hydroxylation sites is 1. The van der Waals surface area contributed by atoms with E-state index in [0.29, 0.717) is 6.61 Å². The number of carbonyl (C=O) groups excluding carboxylic acids is 1. The van der Waals surface area contributed by atoms with Gasteiger partial charge >= 0.3 is 6.03 Å². The van der Waals surface area contributed by atoms with Crippen molar-refractivity contribution in [1.82, 2.24) is 10.6 Å². The number of ether oxygens (including phenoxy) is 1. The Morgan fingerprint density at radius 3 is 2.76 bits per heavy atom. The lowest BCUT2D eigenvalue weighted by atomic mass is 9.94. The standard InChI is InChI=1S/C20H24N2O3/c1-13-7-3-4-8-15(13)18(23)11-21-20(24)22-14(2)17-12-25-19-10-6-5-9-16(17)19/h3-10,14,17-18,23H,11-12H2,1-2H3,(H2,21,22,24). The molecule has 0 fully saturated rings. The Hall–Kier alpha value is -2.53. The van der Waals surface area contributed by atoms with Gasteiger partial charge in [-0.15, -0.1) is 0 Å². The molecule has 2 aromatic rings. The number of hydrogen-bond donors (Lipinski definition) is 3. The van der Waals surface area contributed by atoms with Crippen LogP contribution in [0.1, 0.15) is 35.6 Å². The number of rotatable bonds is 5. The molecule has 25 heavy (non-hydrogen) atoms. The van der Waals surface area contributed by atoms with E-state index >= 15 is 0 Å². The fraction of sp³-hybridized carbons (Fsp3) is 0.350. The Balaban J connectivity index is 1.52. The molecular formula is C20H24N2O3. The van der Waals surface area contributed by atoms with Gasteiger partial charge in [0.05, 0.1) is 12.7 Å². The second kappa shape index (κ2) is 7.57. The highest BCUT2D eigenvalue weighted by atomic mass is 16.5. The smallest absolute Gasteiger partial charge is 0.315 e. The van der Waals surface area contributed by atoms with Crippen LogP contribution in [0.4, 0.5) is 4.79 Å². The lowest BCUT2D eigenvalue weighted by Crippen LogP contribution is -2.44. The molecule has 0 aliphatic carbocycles. The summed E-state index contributed by atoms with van der Waals surface area (Å²) in [4.78, 5) is 12.2. The first kappa shape index (κ1) is 17.3. The van der Waals surface area contributed by atoms with Gasteiger partial charge in [0.1, 0.15) is 5.75 Å². The Morgan fingerprint density at radius 2 is 1.96 bits per heavy atom. The van der Waals surface area contributed by atoms with E-state index in [-0.39, 0.29) is 24.5 Å². The highest BCUT2D eigenvalue weighted by Gasteiger charge is 2.29. The summed E-state index contributed by atoms with van der Waals surface area (Å²) in [7, 11) is 0. The van der Waals surface area contributed by atoms with E-state index in [1.807, 2.05) is 62.4 Å². The van der Waals surface area contributed by atoms with Crippen molar-refractivity contribution in [3.05, 3.63) is 65.2 Å². The van der Waals surface area contributed by atoms with Gasteiger partial charge in [-0.3, -0.25) is 0 Å². The molecule has 0 saturated heterocycles. The van der Waals surface area contributed by atoms with Crippen molar-refractivity contribution >= 4 is 6.03 Å². The van der Waals surface area contributed by atoms with Gasteiger partial charge in [-0.1, -0.05) is 42.5 Å². The van der Waals surface area contributed by atoms with Gasteiger partial charge in [0.25, 0.3) is 0 Å². The molecular weight excluding hydrogens is 316 g/mol. The van der Waals surface area contributed by atoms with Crippen LogP contribution in [0.15, 0.2) is 48.5 Å². The summed E-state index contributed by atoms with van der Waals surface area (Å²) in [6, 6.07) is 15.2. The average molecular weight is 340 g/mol. The number of aliphatic hydroxyl groups is 1. The lowest BCUT2D eigenvalue weighted by Gasteiger charge is -2.21. The molecule has 5 heteroatoms. The number of urea groups is 1. The lowest BCUT2D eigenvalue weighted by molar-refractivity contribution is 0.171. The summed E-state index contributed by atoms with van der Waals surface area (Å²) in [6.07, 6.45) is -0.724. The summed E-state index contributed by atoms with van der Waals surface area (Å²) in [5.41, 5.74) is 2.95. The Morgan fingerprint density at radius 1 is 1.24 bits per heavy atom. The average Bonchev–Trinajstić information content (AvgIpc) is 3.04. The van der Waals surface area contributed by atoms with Crippen LogP contribution in [0.25, 0.3) is 0 Å². The van der Waals surface area contributed by atoms with Crippen molar-refractivity contribution in [3.8, 4) is 5.75 Å². The molecule has 1 aliphatic rings. The fourth-order valence-corrected chi connectivity index (χ4v) is 3.22. The molecule has 3 N–H and O–H groups in total. The molecule has 5 nitrogen and oxygen atoms in total. The molecule has 1 heterocycles. The quantitative estimate of drug-likeness (QED) is 0.784.